The maximum atomic E-state index is 12.1. The van der Waals surface area contributed by atoms with E-state index in [1.54, 1.807) is 10.6 Å². The van der Waals surface area contributed by atoms with Gasteiger partial charge < -0.3 is 4.57 Å². The number of thiazole rings is 1. The van der Waals surface area contributed by atoms with Crippen molar-refractivity contribution in [3.63, 3.8) is 0 Å². The van der Waals surface area contributed by atoms with E-state index in [-0.39, 0.29) is 5.91 Å². The van der Waals surface area contributed by atoms with Crippen LogP contribution in [0.25, 0.3) is 11.3 Å². The first kappa shape index (κ1) is 12.6. The fourth-order valence-electron chi connectivity index (χ4n) is 1.93. The minimum absolute atomic E-state index is 0.147. The molecule has 0 aliphatic carbocycles. The van der Waals surface area contributed by atoms with E-state index >= 15 is 0 Å². The summed E-state index contributed by atoms with van der Waals surface area (Å²) in [6, 6.07) is 13.5. The van der Waals surface area contributed by atoms with Gasteiger partial charge in [-0.3, -0.25) is 10.1 Å². The lowest BCUT2D eigenvalue weighted by atomic mass is 10.2. The fraction of sp³-hybridized carbons (Fsp3) is 0.0667. The third-order valence-corrected chi connectivity index (χ3v) is 3.73. The summed E-state index contributed by atoms with van der Waals surface area (Å²) in [5, 5.41) is 5.37. The van der Waals surface area contributed by atoms with Crippen molar-refractivity contribution < 1.29 is 4.79 Å². The molecule has 0 fully saturated rings. The molecule has 0 unspecified atom stereocenters. The topological polar surface area (TPSA) is 46.9 Å². The summed E-state index contributed by atoms with van der Waals surface area (Å²) in [5.74, 6) is -0.147. The molecule has 2 heterocycles. The highest BCUT2D eigenvalue weighted by Gasteiger charge is 2.11. The number of hydrogen-bond acceptors (Lipinski definition) is 3. The second-order valence-electron chi connectivity index (χ2n) is 4.36. The van der Waals surface area contributed by atoms with Gasteiger partial charge in [-0.1, -0.05) is 30.3 Å². The number of carbonyl (C=O) groups excluding carboxylic acids is 1. The SMILES string of the molecule is Cn1cccc1C(=O)Nc1nc(-c2ccccc2)cs1. The molecular formula is C15H13N3OS. The minimum Gasteiger partial charge on any atom is -0.347 e. The van der Waals surface area contributed by atoms with Crippen molar-refractivity contribution in [1.82, 2.24) is 9.55 Å². The van der Waals surface area contributed by atoms with Crippen molar-refractivity contribution in [3.8, 4) is 11.3 Å². The maximum Gasteiger partial charge on any atom is 0.274 e. The summed E-state index contributed by atoms with van der Waals surface area (Å²) in [7, 11) is 1.84. The van der Waals surface area contributed by atoms with Crippen LogP contribution in [0.1, 0.15) is 10.5 Å². The highest BCUT2D eigenvalue weighted by atomic mass is 32.1. The Morgan fingerprint density at radius 2 is 2.00 bits per heavy atom. The number of nitrogens with one attached hydrogen (secondary N) is 1. The third kappa shape index (κ3) is 2.48. The summed E-state index contributed by atoms with van der Waals surface area (Å²) < 4.78 is 1.78. The molecule has 3 aromatic rings. The number of anilines is 1. The van der Waals surface area contributed by atoms with Gasteiger partial charge in [-0.25, -0.2) is 4.98 Å². The Balaban J connectivity index is 1.78. The molecule has 0 aliphatic rings. The molecule has 0 radical (unpaired) electrons. The van der Waals surface area contributed by atoms with Crippen LogP contribution < -0.4 is 5.32 Å². The van der Waals surface area contributed by atoms with E-state index in [1.165, 1.54) is 11.3 Å². The van der Waals surface area contributed by atoms with Gasteiger partial charge in [-0.15, -0.1) is 11.3 Å². The molecule has 1 amide bonds. The van der Waals surface area contributed by atoms with Crippen LogP contribution >= 0.6 is 11.3 Å². The highest BCUT2D eigenvalue weighted by Crippen LogP contribution is 2.24. The van der Waals surface area contributed by atoms with Crippen LogP contribution in [-0.4, -0.2) is 15.5 Å². The highest BCUT2D eigenvalue weighted by molar-refractivity contribution is 7.14. The quantitative estimate of drug-likeness (QED) is 0.800. The lowest BCUT2D eigenvalue weighted by Gasteiger charge is -2.02. The number of nitrogens with zero attached hydrogens (tertiary/aromatic N) is 2. The lowest BCUT2D eigenvalue weighted by molar-refractivity contribution is 0.101. The number of aromatic nitrogens is 2. The zero-order valence-electron chi connectivity index (χ0n) is 10.9. The zero-order valence-corrected chi connectivity index (χ0v) is 11.7. The van der Waals surface area contributed by atoms with Gasteiger partial charge in [0.1, 0.15) is 5.69 Å². The van der Waals surface area contributed by atoms with E-state index in [4.69, 9.17) is 0 Å². The standard InChI is InChI=1S/C15H13N3OS/c1-18-9-5-8-13(18)14(19)17-15-16-12(10-20-15)11-6-3-2-4-7-11/h2-10H,1H3,(H,16,17,19). The maximum absolute atomic E-state index is 12.1. The Kier molecular flexibility index (Phi) is 3.35. The van der Waals surface area contributed by atoms with Crippen LogP contribution in [0.15, 0.2) is 54.0 Å². The molecule has 0 atom stereocenters. The fourth-order valence-corrected chi connectivity index (χ4v) is 2.65. The van der Waals surface area contributed by atoms with Gasteiger partial charge >= 0.3 is 0 Å². The van der Waals surface area contributed by atoms with Crippen molar-refractivity contribution in [3.05, 3.63) is 59.7 Å². The molecule has 0 aliphatic heterocycles. The molecule has 1 N–H and O–H groups in total. The van der Waals surface area contributed by atoms with Crippen molar-refractivity contribution in [2.45, 2.75) is 0 Å². The molecule has 0 spiro atoms. The monoisotopic (exact) mass is 283 g/mol. The van der Waals surface area contributed by atoms with Crippen LogP contribution in [0, 0.1) is 0 Å². The smallest absolute Gasteiger partial charge is 0.274 e. The normalized spacial score (nSPS) is 10.4. The van der Waals surface area contributed by atoms with E-state index in [2.05, 4.69) is 10.3 Å². The number of carbonyl (C=O) groups is 1. The average molecular weight is 283 g/mol. The zero-order chi connectivity index (χ0) is 13.9. The molecular weight excluding hydrogens is 270 g/mol. The van der Waals surface area contributed by atoms with Crippen LogP contribution in [0.3, 0.4) is 0 Å². The van der Waals surface area contributed by atoms with E-state index in [1.807, 2.05) is 55.0 Å². The summed E-state index contributed by atoms with van der Waals surface area (Å²) >= 11 is 1.42. The molecule has 5 heteroatoms. The molecule has 0 bridgehead atoms. The predicted octanol–water partition coefficient (Wildman–Crippen LogP) is 3.40. The van der Waals surface area contributed by atoms with E-state index < -0.39 is 0 Å². The molecule has 0 saturated carbocycles. The number of benzene rings is 1. The van der Waals surface area contributed by atoms with Gasteiger partial charge in [0.15, 0.2) is 5.13 Å². The molecule has 20 heavy (non-hydrogen) atoms. The molecule has 1 aromatic carbocycles. The Bertz CT molecular complexity index is 730. The third-order valence-electron chi connectivity index (χ3n) is 2.97. The number of amides is 1. The van der Waals surface area contributed by atoms with Crippen molar-refractivity contribution >= 4 is 22.4 Å². The second kappa shape index (κ2) is 5.30. The van der Waals surface area contributed by atoms with Gasteiger partial charge in [0.2, 0.25) is 0 Å². The number of hydrogen-bond donors (Lipinski definition) is 1. The average Bonchev–Trinajstić information content (AvgIpc) is 3.09. The largest absolute Gasteiger partial charge is 0.347 e. The van der Waals surface area contributed by atoms with Crippen LogP contribution in [-0.2, 0) is 7.05 Å². The molecule has 3 rings (SSSR count). The van der Waals surface area contributed by atoms with E-state index in [0.717, 1.165) is 11.3 Å². The number of aryl methyl sites for hydroxylation is 1. The lowest BCUT2D eigenvalue weighted by Crippen LogP contribution is -2.15. The summed E-state index contributed by atoms with van der Waals surface area (Å²) in [5.41, 5.74) is 2.53. The Morgan fingerprint density at radius 1 is 1.20 bits per heavy atom. The van der Waals surface area contributed by atoms with Gasteiger partial charge in [0, 0.05) is 24.2 Å². The van der Waals surface area contributed by atoms with Gasteiger partial charge in [-0.2, -0.15) is 0 Å². The van der Waals surface area contributed by atoms with Crippen molar-refractivity contribution in [2.24, 2.45) is 7.05 Å². The first-order chi connectivity index (χ1) is 9.74. The molecule has 0 saturated heterocycles. The molecule has 4 nitrogen and oxygen atoms in total. The Hall–Kier alpha value is -2.40. The molecule has 2 aromatic heterocycles. The van der Waals surface area contributed by atoms with E-state index in [0.29, 0.717) is 10.8 Å². The Labute approximate surface area is 120 Å². The summed E-state index contributed by atoms with van der Waals surface area (Å²) in [6.45, 7) is 0. The molecule has 100 valence electrons. The Morgan fingerprint density at radius 3 is 2.70 bits per heavy atom. The summed E-state index contributed by atoms with van der Waals surface area (Å²) in [6.07, 6.45) is 1.84. The first-order valence-corrected chi connectivity index (χ1v) is 7.05. The predicted molar refractivity (Wildman–Crippen MR) is 80.9 cm³/mol. The van der Waals surface area contributed by atoms with Crippen LogP contribution in [0.5, 0.6) is 0 Å². The van der Waals surface area contributed by atoms with Gasteiger partial charge in [-0.05, 0) is 12.1 Å². The summed E-state index contributed by atoms with van der Waals surface area (Å²) in [4.78, 5) is 16.5. The second-order valence-corrected chi connectivity index (χ2v) is 5.22. The van der Waals surface area contributed by atoms with Crippen LogP contribution in [0.2, 0.25) is 0 Å². The van der Waals surface area contributed by atoms with E-state index in [9.17, 15) is 4.79 Å². The van der Waals surface area contributed by atoms with Crippen LogP contribution in [0.4, 0.5) is 5.13 Å². The van der Waals surface area contributed by atoms with Gasteiger partial charge in [0.25, 0.3) is 5.91 Å². The van der Waals surface area contributed by atoms with Crippen molar-refractivity contribution in [1.29, 1.82) is 0 Å². The number of rotatable bonds is 3. The first-order valence-electron chi connectivity index (χ1n) is 6.17. The van der Waals surface area contributed by atoms with Gasteiger partial charge in [0.05, 0.1) is 5.69 Å². The minimum atomic E-state index is -0.147. The van der Waals surface area contributed by atoms with Crippen molar-refractivity contribution in [2.75, 3.05) is 5.32 Å².